The lowest BCUT2D eigenvalue weighted by molar-refractivity contribution is -0.140. The fraction of sp³-hybridized carbons (Fsp3) is 0.406. The topological polar surface area (TPSA) is 87.9 Å². The highest BCUT2D eigenvalue weighted by molar-refractivity contribution is 6.46. The number of aromatic nitrogens is 2. The Morgan fingerprint density at radius 2 is 1.68 bits per heavy atom. The number of rotatable bonds is 7. The Labute approximate surface area is 235 Å². The van der Waals surface area contributed by atoms with Gasteiger partial charge >= 0.3 is 0 Å². The molecule has 1 amide bonds. The van der Waals surface area contributed by atoms with E-state index in [2.05, 4.69) is 30.8 Å². The van der Waals surface area contributed by atoms with Gasteiger partial charge in [0.1, 0.15) is 5.76 Å². The first-order chi connectivity index (χ1) is 19.2. The Morgan fingerprint density at radius 3 is 2.33 bits per heavy atom. The summed E-state index contributed by atoms with van der Waals surface area (Å²) in [6.45, 7) is 12.6. The van der Waals surface area contributed by atoms with Gasteiger partial charge < -0.3 is 14.7 Å². The predicted molar refractivity (Wildman–Crippen MR) is 154 cm³/mol. The monoisotopic (exact) mass is 542 g/mol. The third-order valence-corrected chi connectivity index (χ3v) is 7.88. The van der Waals surface area contributed by atoms with Gasteiger partial charge in [-0.15, -0.1) is 0 Å². The minimum Gasteiger partial charge on any atom is -0.507 e. The van der Waals surface area contributed by atoms with Gasteiger partial charge in [0.2, 0.25) is 0 Å². The van der Waals surface area contributed by atoms with Gasteiger partial charge in [-0.05, 0) is 42.0 Å². The van der Waals surface area contributed by atoms with Gasteiger partial charge in [-0.25, -0.2) is 4.68 Å². The molecular weight excluding hydrogens is 504 g/mol. The molecule has 2 aromatic carbocycles. The number of morpholine rings is 1. The zero-order valence-electron chi connectivity index (χ0n) is 23.8. The van der Waals surface area contributed by atoms with Crippen LogP contribution in [0.3, 0.4) is 0 Å². The van der Waals surface area contributed by atoms with E-state index in [9.17, 15) is 14.7 Å². The van der Waals surface area contributed by atoms with Crippen LogP contribution in [0.1, 0.15) is 55.6 Å². The number of amides is 1. The lowest BCUT2D eigenvalue weighted by atomic mass is 9.85. The number of aliphatic hydroxyl groups is 1. The second kappa shape index (κ2) is 11.4. The van der Waals surface area contributed by atoms with Crippen LogP contribution >= 0.6 is 0 Å². The Hall–Kier alpha value is -3.75. The lowest BCUT2D eigenvalue weighted by Gasteiger charge is -2.29. The summed E-state index contributed by atoms with van der Waals surface area (Å²) in [6.07, 6.45) is 2.28. The third kappa shape index (κ3) is 5.46. The van der Waals surface area contributed by atoms with E-state index in [0.717, 1.165) is 36.4 Å². The van der Waals surface area contributed by atoms with E-state index in [1.54, 1.807) is 15.8 Å². The highest BCUT2D eigenvalue weighted by Crippen LogP contribution is 2.40. The summed E-state index contributed by atoms with van der Waals surface area (Å²) in [6, 6.07) is 17.0. The van der Waals surface area contributed by atoms with Gasteiger partial charge in [0.05, 0.1) is 48.0 Å². The van der Waals surface area contributed by atoms with Crippen LogP contribution in [0.25, 0.3) is 11.4 Å². The zero-order valence-corrected chi connectivity index (χ0v) is 23.8. The van der Waals surface area contributed by atoms with Gasteiger partial charge in [-0.3, -0.25) is 14.5 Å². The van der Waals surface area contributed by atoms with Crippen molar-refractivity contribution < 1.29 is 19.4 Å². The van der Waals surface area contributed by atoms with Crippen molar-refractivity contribution in [1.82, 2.24) is 19.6 Å². The SMILES string of the molecule is Cc1c(C(O)=C2C(=O)C(=O)N(CCCN3CCOCC3)[C@@H]2c2ccc(C(C)(C)C)cc2)cnn1-c1ccccc1. The maximum absolute atomic E-state index is 13.5. The van der Waals surface area contributed by atoms with E-state index in [-0.39, 0.29) is 16.7 Å². The lowest BCUT2D eigenvalue weighted by Crippen LogP contribution is -2.39. The highest BCUT2D eigenvalue weighted by atomic mass is 16.5. The van der Waals surface area contributed by atoms with Crippen molar-refractivity contribution in [3.05, 3.63) is 88.8 Å². The van der Waals surface area contributed by atoms with Crippen LogP contribution in [-0.4, -0.2) is 75.8 Å². The summed E-state index contributed by atoms with van der Waals surface area (Å²) in [7, 11) is 0. The number of para-hydroxylation sites is 1. The molecule has 0 saturated carbocycles. The molecule has 2 aliphatic rings. The number of aliphatic hydroxyl groups excluding tert-OH is 1. The number of likely N-dealkylation sites (tertiary alicyclic amines) is 1. The van der Waals surface area contributed by atoms with Gasteiger partial charge in [0, 0.05) is 26.2 Å². The number of ketones is 1. The summed E-state index contributed by atoms with van der Waals surface area (Å²) in [4.78, 5) is 30.9. The van der Waals surface area contributed by atoms with E-state index in [4.69, 9.17) is 4.74 Å². The number of ether oxygens (including phenoxy) is 1. The highest BCUT2D eigenvalue weighted by Gasteiger charge is 2.46. The predicted octanol–water partition coefficient (Wildman–Crippen LogP) is 4.62. The molecule has 0 bridgehead atoms. The fourth-order valence-electron chi connectivity index (χ4n) is 5.53. The van der Waals surface area contributed by atoms with Gasteiger partial charge in [-0.2, -0.15) is 5.10 Å². The summed E-state index contributed by atoms with van der Waals surface area (Å²) >= 11 is 0. The maximum Gasteiger partial charge on any atom is 0.295 e. The van der Waals surface area contributed by atoms with Gasteiger partial charge in [0.15, 0.2) is 0 Å². The molecule has 8 nitrogen and oxygen atoms in total. The Bertz CT molecular complexity index is 1400. The van der Waals surface area contributed by atoms with Crippen LogP contribution in [-0.2, 0) is 19.7 Å². The molecule has 0 aliphatic carbocycles. The molecule has 3 aromatic rings. The summed E-state index contributed by atoms with van der Waals surface area (Å²) in [5.41, 5.74) is 3.98. The molecule has 0 spiro atoms. The molecule has 0 radical (unpaired) electrons. The van der Waals surface area contributed by atoms with Crippen molar-refractivity contribution in [1.29, 1.82) is 0 Å². The van der Waals surface area contributed by atoms with E-state index in [0.29, 0.717) is 37.4 Å². The van der Waals surface area contributed by atoms with Gasteiger partial charge in [-0.1, -0.05) is 63.2 Å². The van der Waals surface area contributed by atoms with Crippen molar-refractivity contribution in [3.8, 4) is 5.69 Å². The van der Waals surface area contributed by atoms with Gasteiger partial charge in [0.25, 0.3) is 11.7 Å². The summed E-state index contributed by atoms with van der Waals surface area (Å²) < 4.78 is 7.17. The average molecular weight is 543 g/mol. The fourth-order valence-corrected chi connectivity index (χ4v) is 5.53. The Balaban J connectivity index is 1.52. The first-order valence-corrected chi connectivity index (χ1v) is 14.0. The second-order valence-corrected chi connectivity index (χ2v) is 11.6. The standard InChI is InChI=1S/C32H38N4O4/c1-22-26(21-33-36(22)25-9-6-5-7-10-25)29(37)27-28(23-11-13-24(14-12-23)32(2,3)4)35(31(39)30(27)38)16-8-15-34-17-19-40-20-18-34/h5-7,9-14,21,28,37H,8,15-20H2,1-4H3/t28-/m1/s1. The number of benzene rings is 2. The molecule has 1 atom stereocenters. The minimum absolute atomic E-state index is 0.0401. The zero-order chi connectivity index (χ0) is 28.4. The number of hydrogen-bond acceptors (Lipinski definition) is 6. The van der Waals surface area contributed by atoms with E-state index < -0.39 is 17.7 Å². The first-order valence-electron chi connectivity index (χ1n) is 14.0. The van der Waals surface area contributed by atoms with Crippen molar-refractivity contribution in [2.45, 2.75) is 45.6 Å². The molecular formula is C32H38N4O4. The number of nitrogens with zero attached hydrogens (tertiary/aromatic N) is 4. The van der Waals surface area contributed by atoms with Crippen molar-refractivity contribution in [3.63, 3.8) is 0 Å². The van der Waals surface area contributed by atoms with Crippen molar-refractivity contribution in [2.75, 3.05) is 39.4 Å². The first kappa shape index (κ1) is 27.8. The molecule has 5 rings (SSSR count). The number of carbonyl (C=O) groups is 2. The summed E-state index contributed by atoms with van der Waals surface area (Å²) in [5, 5.41) is 16.1. The molecule has 2 aliphatic heterocycles. The van der Waals surface area contributed by atoms with E-state index in [1.807, 2.05) is 61.5 Å². The van der Waals surface area contributed by atoms with Crippen LogP contribution < -0.4 is 0 Å². The van der Waals surface area contributed by atoms with Crippen LogP contribution in [0.5, 0.6) is 0 Å². The molecule has 2 saturated heterocycles. The smallest absolute Gasteiger partial charge is 0.295 e. The molecule has 1 N–H and O–H groups in total. The second-order valence-electron chi connectivity index (χ2n) is 11.6. The number of hydrogen-bond donors (Lipinski definition) is 1. The molecule has 0 unspecified atom stereocenters. The quantitative estimate of drug-likeness (QED) is 0.266. The van der Waals surface area contributed by atoms with E-state index in [1.165, 1.54) is 0 Å². The molecule has 2 fully saturated rings. The van der Waals surface area contributed by atoms with E-state index >= 15 is 0 Å². The third-order valence-electron chi connectivity index (χ3n) is 7.88. The minimum atomic E-state index is -0.682. The number of Topliss-reactive ketones (excluding diaryl/α,β-unsaturated/α-hetero) is 1. The maximum atomic E-state index is 13.5. The molecule has 8 heteroatoms. The summed E-state index contributed by atoms with van der Waals surface area (Å²) in [5.74, 6) is -1.44. The largest absolute Gasteiger partial charge is 0.507 e. The Morgan fingerprint density at radius 1 is 1.00 bits per heavy atom. The van der Waals surface area contributed by atoms with Crippen LogP contribution in [0.4, 0.5) is 0 Å². The number of carbonyl (C=O) groups excluding carboxylic acids is 2. The molecule has 40 heavy (non-hydrogen) atoms. The van der Waals surface area contributed by atoms with Crippen LogP contribution in [0.15, 0.2) is 66.4 Å². The molecule has 3 heterocycles. The normalized spacial score (nSPS) is 19.9. The molecule has 1 aromatic heterocycles. The Kier molecular flexibility index (Phi) is 7.92. The average Bonchev–Trinajstić information content (AvgIpc) is 3.46. The van der Waals surface area contributed by atoms with Crippen LogP contribution in [0.2, 0.25) is 0 Å². The molecule has 210 valence electrons. The van der Waals surface area contributed by atoms with Crippen molar-refractivity contribution >= 4 is 17.4 Å². The van der Waals surface area contributed by atoms with Crippen molar-refractivity contribution in [2.24, 2.45) is 0 Å². The van der Waals surface area contributed by atoms with Crippen LogP contribution in [0, 0.1) is 6.92 Å².